The predicted octanol–water partition coefficient (Wildman–Crippen LogP) is 0.373. The maximum absolute atomic E-state index is 11.5. The number of ether oxygens (including phenoxy) is 1. The van der Waals surface area contributed by atoms with E-state index in [4.69, 9.17) is 0 Å². The topological polar surface area (TPSA) is 68.3 Å². The molecule has 0 aliphatic heterocycles. The van der Waals surface area contributed by atoms with E-state index < -0.39 is 12.0 Å². The Morgan fingerprint density at radius 2 is 2.00 bits per heavy atom. The highest BCUT2D eigenvalue weighted by atomic mass is 16.5. The van der Waals surface area contributed by atoms with E-state index in [1.54, 1.807) is 19.1 Å². The zero-order valence-corrected chi connectivity index (χ0v) is 8.56. The van der Waals surface area contributed by atoms with Gasteiger partial charge in [0, 0.05) is 18.0 Å². The van der Waals surface area contributed by atoms with Crippen LogP contribution >= 0.6 is 0 Å². The van der Waals surface area contributed by atoms with Crippen LogP contribution in [0, 0.1) is 0 Å². The van der Waals surface area contributed by atoms with Gasteiger partial charge in [0.1, 0.15) is 6.04 Å². The lowest BCUT2D eigenvalue weighted by atomic mass is 10.2. The van der Waals surface area contributed by atoms with Gasteiger partial charge in [0.25, 0.3) is 5.91 Å². The fourth-order valence-electron chi connectivity index (χ4n) is 1.02. The van der Waals surface area contributed by atoms with E-state index in [0.717, 1.165) is 0 Å². The molecule has 0 bridgehead atoms. The smallest absolute Gasteiger partial charge is 0.328 e. The fourth-order valence-corrected chi connectivity index (χ4v) is 1.02. The molecule has 1 rings (SSSR count). The zero-order valence-electron chi connectivity index (χ0n) is 8.56. The molecule has 80 valence electrons. The van der Waals surface area contributed by atoms with Gasteiger partial charge >= 0.3 is 5.97 Å². The number of carbonyl (C=O) groups is 2. The summed E-state index contributed by atoms with van der Waals surface area (Å²) < 4.78 is 4.48. The minimum atomic E-state index is -0.657. The van der Waals surface area contributed by atoms with Crippen LogP contribution in [-0.4, -0.2) is 30.0 Å². The summed E-state index contributed by atoms with van der Waals surface area (Å²) >= 11 is 0. The quantitative estimate of drug-likeness (QED) is 0.729. The molecule has 0 saturated heterocycles. The Balaban J connectivity index is 2.61. The van der Waals surface area contributed by atoms with Gasteiger partial charge in [0.05, 0.1) is 7.11 Å². The molecule has 0 radical (unpaired) electrons. The first kappa shape index (κ1) is 11.2. The summed E-state index contributed by atoms with van der Waals surface area (Å²) in [4.78, 5) is 26.3. The van der Waals surface area contributed by atoms with Gasteiger partial charge in [-0.1, -0.05) is 0 Å². The van der Waals surface area contributed by atoms with Crippen LogP contribution in [0.4, 0.5) is 0 Å². The molecule has 1 amide bonds. The highest BCUT2D eigenvalue weighted by Gasteiger charge is 2.16. The van der Waals surface area contributed by atoms with Crippen molar-refractivity contribution in [2.45, 2.75) is 13.0 Å². The molecule has 5 nitrogen and oxygen atoms in total. The first-order valence-electron chi connectivity index (χ1n) is 4.44. The maximum atomic E-state index is 11.5. The standard InChI is InChI=1S/C10H12N2O3/c1-7(10(14)15-2)12-9(13)8-3-5-11-6-4-8/h3-7H,1-2H3,(H,12,13)/t7-/m1/s1. The monoisotopic (exact) mass is 208 g/mol. The van der Waals surface area contributed by atoms with Crippen molar-refractivity contribution >= 4 is 11.9 Å². The van der Waals surface area contributed by atoms with E-state index in [2.05, 4.69) is 15.0 Å². The third-order valence-corrected chi connectivity index (χ3v) is 1.84. The Kier molecular flexibility index (Phi) is 3.79. The molecule has 5 heteroatoms. The summed E-state index contributed by atoms with van der Waals surface area (Å²) in [6.45, 7) is 1.56. The van der Waals surface area contributed by atoms with Crippen LogP contribution < -0.4 is 5.32 Å². The van der Waals surface area contributed by atoms with Gasteiger partial charge in [-0.25, -0.2) is 4.79 Å². The normalized spacial score (nSPS) is 11.6. The van der Waals surface area contributed by atoms with Crippen molar-refractivity contribution < 1.29 is 14.3 Å². The third kappa shape index (κ3) is 3.05. The Labute approximate surface area is 87.5 Å². The van der Waals surface area contributed by atoms with E-state index in [9.17, 15) is 9.59 Å². The third-order valence-electron chi connectivity index (χ3n) is 1.84. The number of pyridine rings is 1. The molecule has 1 N–H and O–H groups in total. The first-order valence-corrected chi connectivity index (χ1v) is 4.44. The van der Waals surface area contributed by atoms with Gasteiger partial charge in [0.15, 0.2) is 0 Å². The first-order chi connectivity index (χ1) is 7.15. The average molecular weight is 208 g/mol. The van der Waals surface area contributed by atoms with Crippen molar-refractivity contribution in [3.63, 3.8) is 0 Å². The molecule has 0 aliphatic carbocycles. The van der Waals surface area contributed by atoms with Gasteiger partial charge in [0.2, 0.25) is 0 Å². The number of esters is 1. The number of aromatic nitrogens is 1. The number of nitrogens with zero attached hydrogens (tertiary/aromatic N) is 1. The second-order valence-corrected chi connectivity index (χ2v) is 2.95. The van der Waals surface area contributed by atoms with Gasteiger partial charge < -0.3 is 10.1 Å². The van der Waals surface area contributed by atoms with Crippen molar-refractivity contribution in [1.29, 1.82) is 0 Å². The number of hydrogen-bond donors (Lipinski definition) is 1. The van der Waals surface area contributed by atoms with E-state index in [0.29, 0.717) is 5.56 Å². The number of rotatable bonds is 3. The molecule has 1 aromatic heterocycles. The van der Waals surface area contributed by atoms with E-state index in [-0.39, 0.29) is 5.91 Å². The molecule has 1 atom stereocenters. The molecule has 0 aliphatic rings. The number of methoxy groups -OCH3 is 1. The van der Waals surface area contributed by atoms with Crippen LogP contribution in [0.15, 0.2) is 24.5 Å². The summed E-state index contributed by atoms with van der Waals surface area (Å²) in [5.74, 6) is -0.798. The van der Waals surface area contributed by atoms with Crippen molar-refractivity contribution in [1.82, 2.24) is 10.3 Å². The van der Waals surface area contributed by atoms with Gasteiger partial charge in [-0.2, -0.15) is 0 Å². The van der Waals surface area contributed by atoms with Crippen molar-refractivity contribution in [2.75, 3.05) is 7.11 Å². The van der Waals surface area contributed by atoms with Gasteiger partial charge in [-0.05, 0) is 19.1 Å². The number of hydrogen-bond acceptors (Lipinski definition) is 4. The molecule has 0 unspecified atom stereocenters. The summed E-state index contributed by atoms with van der Waals surface area (Å²) in [7, 11) is 1.28. The highest BCUT2D eigenvalue weighted by molar-refractivity contribution is 5.96. The van der Waals surface area contributed by atoms with Crippen LogP contribution in [-0.2, 0) is 9.53 Å². The molecule has 0 aromatic carbocycles. The number of nitrogens with one attached hydrogen (secondary N) is 1. The largest absolute Gasteiger partial charge is 0.467 e. The fraction of sp³-hybridized carbons (Fsp3) is 0.300. The molecular formula is C10H12N2O3. The lowest BCUT2D eigenvalue weighted by Crippen LogP contribution is -2.39. The Bertz CT molecular complexity index is 351. The van der Waals surface area contributed by atoms with Crippen molar-refractivity contribution in [3.05, 3.63) is 30.1 Å². The van der Waals surface area contributed by atoms with Crippen molar-refractivity contribution in [2.24, 2.45) is 0 Å². The summed E-state index contributed by atoms with van der Waals surface area (Å²) in [6, 6.07) is 2.48. The molecular weight excluding hydrogens is 196 g/mol. The lowest BCUT2D eigenvalue weighted by molar-refractivity contribution is -0.142. The highest BCUT2D eigenvalue weighted by Crippen LogP contribution is 1.97. The molecule has 15 heavy (non-hydrogen) atoms. The van der Waals surface area contributed by atoms with E-state index in [1.165, 1.54) is 19.5 Å². The lowest BCUT2D eigenvalue weighted by Gasteiger charge is -2.10. The second kappa shape index (κ2) is 5.09. The minimum absolute atomic E-state index is 0.324. The molecule has 0 saturated carbocycles. The number of amides is 1. The molecule has 1 heterocycles. The maximum Gasteiger partial charge on any atom is 0.328 e. The SMILES string of the molecule is COC(=O)[C@@H](C)NC(=O)c1ccncc1. The van der Waals surface area contributed by atoms with Gasteiger partial charge in [-0.15, -0.1) is 0 Å². The van der Waals surface area contributed by atoms with Crippen LogP contribution in [0.25, 0.3) is 0 Å². The van der Waals surface area contributed by atoms with Crippen LogP contribution in [0.5, 0.6) is 0 Å². The summed E-state index contributed by atoms with van der Waals surface area (Å²) in [6.07, 6.45) is 3.02. The Hall–Kier alpha value is -1.91. The molecule has 0 fully saturated rings. The van der Waals surface area contributed by atoms with Crippen LogP contribution in [0.2, 0.25) is 0 Å². The summed E-state index contributed by atoms with van der Waals surface area (Å²) in [5, 5.41) is 2.51. The zero-order chi connectivity index (χ0) is 11.3. The van der Waals surface area contributed by atoms with E-state index in [1.807, 2.05) is 0 Å². The predicted molar refractivity (Wildman–Crippen MR) is 53.2 cm³/mol. The Morgan fingerprint density at radius 3 is 2.53 bits per heavy atom. The molecule has 0 spiro atoms. The average Bonchev–Trinajstić information content (AvgIpc) is 2.29. The van der Waals surface area contributed by atoms with Crippen LogP contribution in [0.1, 0.15) is 17.3 Å². The second-order valence-electron chi connectivity index (χ2n) is 2.95. The number of carbonyl (C=O) groups excluding carboxylic acids is 2. The van der Waals surface area contributed by atoms with Crippen LogP contribution in [0.3, 0.4) is 0 Å². The Morgan fingerprint density at radius 1 is 1.40 bits per heavy atom. The van der Waals surface area contributed by atoms with Gasteiger partial charge in [-0.3, -0.25) is 9.78 Å². The molecule has 1 aromatic rings. The van der Waals surface area contributed by atoms with E-state index >= 15 is 0 Å². The minimum Gasteiger partial charge on any atom is -0.467 e. The summed E-state index contributed by atoms with van der Waals surface area (Å²) in [5.41, 5.74) is 0.459. The van der Waals surface area contributed by atoms with Crippen molar-refractivity contribution in [3.8, 4) is 0 Å².